The molecule has 1 rings (SSSR count). The Morgan fingerprint density at radius 3 is 2.62 bits per heavy atom. The number of hydrogen-bond acceptors (Lipinski definition) is 3. The first kappa shape index (κ1) is 8.89. The zero-order chi connectivity index (χ0) is 9.52. The van der Waals surface area contributed by atoms with E-state index < -0.39 is 6.17 Å². The van der Waals surface area contributed by atoms with Gasteiger partial charge in [0.15, 0.2) is 6.07 Å². The Balaban J connectivity index is 2.71. The molecule has 1 aromatic carbocycles. The number of azo groups is 1. The Hall–Kier alpha value is -2.20. The van der Waals surface area contributed by atoms with Crippen LogP contribution in [0.5, 0.6) is 0 Å². The predicted octanol–water partition coefficient (Wildman–Crippen LogP) is 2.54. The van der Waals surface area contributed by atoms with Crippen molar-refractivity contribution in [2.75, 3.05) is 0 Å². The van der Waals surface area contributed by atoms with E-state index in [1.807, 2.05) is 18.2 Å². The second-order valence-corrected chi connectivity index (χ2v) is 2.18. The summed E-state index contributed by atoms with van der Waals surface area (Å²) < 4.78 is 0. The van der Waals surface area contributed by atoms with Crippen molar-refractivity contribution in [3.63, 3.8) is 0 Å². The van der Waals surface area contributed by atoms with Crippen molar-refractivity contribution in [1.29, 1.82) is 5.26 Å². The van der Waals surface area contributed by atoms with Gasteiger partial charge in [0.05, 0.1) is 5.69 Å². The van der Waals surface area contributed by atoms with E-state index in [0.717, 1.165) is 0 Å². The van der Waals surface area contributed by atoms with Gasteiger partial charge in [0, 0.05) is 0 Å². The predicted molar refractivity (Wildman–Crippen MR) is 47.0 cm³/mol. The largest absolute Gasteiger partial charge is 0.418 e. The molecule has 0 heterocycles. The fourth-order valence-corrected chi connectivity index (χ4v) is 0.697. The monoisotopic (exact) mass is 170 g/mol. The lowest BCUT2D eigenvalue weighted by molar-refractivity contribution is 0.934. The molecule has 0 aliphatic heterocycles. The zero-order valence-electron chi connectivity index (χ0n) is 6.75. The molecule has 0 aliphatic rings. The normalized spacial score (nSPS) is 11.8. The van der Waals surface area contributed by atoms with E-state index in [0.29, 0.717) is 5.69 Å². The molecule has 13 heavy (non-hydrogen) atoms. The van der Waals surface area contributed by atoms with Crippen molar-refractivity contribution in [2.45, 2.75) is 6.17 Å². The van der Waals surface area contributed by atoms with Crippen molar-refractivity contribution in [1.82, 2.24) is 0 Å². The van der Waals surface area contributed by atoms with Crippen molar-refractivity contribution in [3.05, 3.63) is 41.7 Å². The van der Waals surface area contributed by atoms with Gasteiger partial charge in [-0.2, -0.15) is 5.26 Å². The first-order valence-electron chi connectivity index (χ1n) is 3.59. The van der Waals surface area contributed by atoms with E-state index in [1.54, 1.807) is 18.2 Å². The number of hydrogen-bond donors (Lipinski definition) is 0. The summed E-state index contributed by atoms with van der Waals surface area (Å²) >= 11 is 0. The second-order valence-electron chi connectivity index (χ2n) is 2.18. The molecule has 0 aliphatic carbocycles. The summed E-state index contributed by atoms with van der Waals surface area (Å²) in [5.74, 6) is 0. The van der Waals surface area contributed by atoms with Gasteiger partial charge in [-0.15, -0.1) is 5.11 Å². The Kier molecular flexibility index (Phi) is 3.17. The summed E-state index contributed by atoms with van der Waals surface area (Å²) in [7, 11) is 0. The average Bonchev–Trinajstić information content (AvgIpc) is 2.21. The fourth-order valence-electron chi connectivity index (χ4n) is 0.697. The molecule has 0 radical (unpaired) electrons. The number of rotatable bonds is 2. The van der Waals surface area contributed by atoms with Gasteiger partial charge in [0.25, 0.3) is 0 Å². The van der Waals surface area contributed by atoms with Gasteiger partial charge in [-0.25, -0.2) is 6.57 Å². The van der Waals surface area contributed by atoms with Crippen molar-refractivity contribution in [2.24, 2.45) is 10.2 Å². The van der Waals surface area contributed by atoms with Crippen LogP contribution in [0.4, 0.5) is 5.69 Å². The fraction of sp³-hybridized carbons (Fsp3) is 0.111. The van der Waals surface area contributed by atoms with Gasteiger partial charge >= 0.3 is 6.17 Å². The lowest BCUT2D eigenvalue weighted by Gasteiger charge is -1.88. The van der Waals surface area contributed by atoms with Gasteiger partial charge in [-0.3, -0.25) is 4.85 Å². The van der Waals surface area contributed by atoms with Crippen molar-refractivity contribution >= 4 is 5.69 Å². The third kappa shape index (κ3) is 2.72. The van der Waals surface area contributed by atoms with E-state index in [4.69, 9.17) is 11.8 Å². The molecule has 0 bridgehead atoms. The maximum Gasteiger partial charge on any atom is 0.418 e. The number of nitriles is 1. The molecular formula is C9H6N4. The van der Waals surface area contributed by atoms with Crippen LogP contribution < -0.4 is 0 Å². The van der Waals surface area contributed by atoms with Crippen LogP contribution in [0.15, 0.2) is 40.6 Å². The number of nitrogens with zero attached hydrogens (tertiary/aromatic N) is 4. The number of benzene rings is 1. The minimum atomic E-state index is -1.03. The molecule has 0 fully saturated rings. The van der Waals surface area contributed by atoms with Crippen LogP contribution in [0.25, 0.3) is 4.85 Å². The van der Waals surface area contributed by atoms with Crippen LogP contribution >= 0.6 is 0 Å². The zero-order valence-corrected chi connectivity index (χ0v) is 6.75. The highest BCUT2D eigenvalue weighted by molar-refractivity contribution is 5.34. The molecule has 0 saturated carbocycles. The Morgan fingerprint density at radius 2 is 2.08 bits per heavy atom. The average molecular weight is 170 g/mol. The van der Waals surface area contributed by atoms with Crippen LogP contribution in [0.1, 0.15) is 0 Å². The molecule has 0 spiro atoms. The molecular weight excluding hydrogens is 164 g/mol. The molecule has 0 amide bonds. The highest BCUT2D eigenvalue weighted by atomic mass is 15.2. The molecule has 0 aromatic heterocycles. The highest BCUT2D eigenvalue weighted by Crippen LogP contribution is 2.11. The highest BCUT2D eigenvalue weighted by Gasteiger charge is 2.04. The maximum atomic E-state index is 8.39. The molecule has 4 heteroatoms. The second kappa shape index (κ2) is 4.63. The van der Waals surface area contributed by atoms with Crippen LogP contribution in [-0.4, -0.2) is 6.17 Å². The summed E-state index contributed by atoms with van der Waals surface area (Å²) in [4.78, 5) is 2.95. The SMILES string of the molecule is [C-]#[N+]C(C#N)/N=N/c1ccccc1. The van der Waals surface area contributed by atoms with Gasteiger partial charge in [-0.05, 0) is 12.1 Å². The molecule has 4 nitrogen and oxygen atoms in total. The smallest absolute Gasteiger partial charge is 0.271 e. The summed E-state index contributed by atoms with van der Waals surface area (Å²) in [5, 5.41) is 15.7. The first-order valence-corrected chi connectivity index (χ1v) is 3.59. The van der Waals surface area contributed by atoms with E-state index in [-0.39, 0.29) is 0 Å². The Bertz CT molecular complexity index is 355. The lowest BCUT2D eigenvalue weighted by atomic mass is 10.3. The van der Waals surface area contributed by atoms with Gasteiger partial charge in [-0.1, -0.05) is 23.3 Å². The Morgan fingerprint density at radius 1 is 1.38 bits per heavy atom. The van der Waals surface area contributed by atoms with Crippen LogP contribution in [-0.2, 0) is 0 Å². The summed E-state index contributed by atoms with van der Waals surface area (Å²) in [6.45, 7) is 6.57. The minimum absolute atomic E-state index is 0.645. The van der Waals surface area contributed by atoms with Gasteiger partial charge < -0.3 is 0 Å². The summed E-state index contributed by atoms with van der Waals surface area (Å²) in [6.07, 6.45) is -1.03. The minimum Gasteiger partial charge on any atom is -0.271 e. The standard InChI is InChI=1S/C9H6N4/c1-11-9(7-10)13-12-8-5-3-2-4-6-8/h2-6,9H/b13-12+. The molecule has 1 unspecified atom stereocenters. The van der Waals surface area contributed by atoms with Crippen LogP contribution in [0.3, 0.4) is 0 Å². The molecule has 0 N–H and O–H groups in total. The first-order chi connectivity index (χ1) is 6.36. The quantitative estimate of drug-likeness (QED) is 0.497. The topological polar surface area (TPSA) is 52.9 Å². The molecule has 62 valence electrons. The Labute approximate surface area is 76.0 Å². The van der Waals surface area contributed by atoms with Crippen molar-refractivity contribution < 1.29 is 0 Å². The maximum absolute atomic E-state index is 8.39. The third-order valence-electron chi connectivity index (χ3n) is 1.28. The lowest BCUT2D eigenvalue weighted by Crippen LogP contribution is -1.88. The van der Waals surface area contributed by atoms with Crippen LogP contribution in [0.2, 0.25) is 0 Å². The third-order valence-corrected chi connectivity index (χ3v) is 1.28. The summed E-state index contributed by atoms with van der Waals surface area (Å²) in [6, 6.07) is 10.7. The van der Waals surface area contributed by atoms with Crippen molar-refractivity contribution in [3.8, 4) is 6.07 Å². The van der Waals surface area contributed by atoms with Crippen LogP contribution in [0, 0.1) is 17.9 Å². The molecule has 1 aromatic rings. The van der Waals surface area contributed by atoms with E-state index >= 15 is 0 Å². The molecule has 1 atom stereocenters. The van der Waals surface area contributed by atoms with E-state index in [2.05, 4.69) is 15.1 Å². The molecule has 0 saturated heterocycles. The van der Waals surface area contributed by atoms with Gasteiger partial charge in [0.2, 0.25) is 0 Å². The van der Waals surface area contributed by atoms with E-state index in [9.17, 15) is 0 Å². The van der Waals surface area contributed by atoms with E-state index in [1.165, 1.54) is 0 Å². The van der Waals surface area contributed by atoms with Gasteiger partial charge in [0.1, 0.15) is 0 Å². The summed E-state index contributed by atoms with van der Waals surface area (Å²) in [5.41, 5.74) is 0.645.